The molecule has 2 aromatic carbocycles. The van der Waals surface area contributed by atoms with Gasteiger partial charge in [0.25, 0.3) is 0 Å². The highest BCUT2D eigenvalue weighted by atomic mass is 79.9. The van der Waals surface area contributed by atoms with E-state index in [0.717, 1.165) is 54.6 Å². The second kappa shape index (κ2) is 8.75. The van der Waals surface area contributed by atoms with Gasteiger partial charge < -0.3 is 15.5 Å². The molecular weight excluding hydrogens is 454 g/mol. The van der Waals surface area contributed by atoms with Crippen LogP contribution in [-0.2, 0) is 16.0 Å². The van der Waals surface area contributed by atoms with Crippen molar-refractivity contribution in [3.8, 4) is 0 Å². The summed E-state index contributed by atoms with van der Waals surface area (Å²) in [4.78, 5) is 28.1. The first-order chi connectivity index (χ1) is 15.1. The number of rotatable bonds is 6. The van der Waals surface area contributed by atoms with Crippen LogP contribution in [0.25, 0.3) is 0 Å². The molecule has 0 radical (unpaired) electrons. The number of anilines is 1. The largest absolute Gasteiger partial charge is 0.339 e. The van der Waals surface area contributed by atoms with Crippen molar-refractivity contribution in [2.45, 2.75) is 37.6 Å². The summed E-state index contributed by atoms with van der Waals surface area (Å²) >= 11 is 3.57. The van der Waals surface area contributed by atoms with Crippen LogP contribution in [0.15, 0.2) is 53.0 Å². The predicted molar refractivity (Wildman–Crippen MR) is 125 cm³/mol. The smallest absolute Gasteiger partial charge is 0.230 e. The summed E-state index contributed by atoms with van der Waals surface area (Å²) in [7, 11) is 0. The third-order valence-corrected chi connectivity index (χ3v) is 7.36. The number of para-hydroxylation sites is 1. The number of amides is 2. The molecule has 3 aliphatic rings. The number of nitrogens with zero attached hydrogens (tertiary/aromatic N) is 1. The molecule has 6 heteroatoms. The van der Waals surface area contributed by atoms with Crippen LogP contribution in [0, 0.1) is 11.8 Å². The van der Waals surface area contributed by atoms with Crippen LogP contribution in [0.5, 0.6) is 0 Å². The van der Waals surface area contributed by atoms with E-state index in [1.165, 1.54) is 5.56 Å². The lowest BCUT2D eigenvalue weighted by molar-refractivity contribution is -0.136. The van der Waals surface area contributed by atoms with Crippen LogP contribution in [0.4, 0.5) is 5.69 Å². The molecule has 1 saturated carbocycles. The summed E-state index contributed by atoms with van der Waals surface area (Å²) in [6.07, 6.45) is 3.40. The van der Waals surface area contributed by atoms with Gasteiger partial charge in [0.05, 0.1) is 5.92 Å². The maximum atomic E-state index is 13.7. The van der Waals surface area contributed by atoms with E-state index in [0.29, 0.717) is 17.9 Å². The highest BCUT2D eigenvalue weighted by Crippen LogP contribution is 2.38. The van der Waals surface area contributed by atoms with Gasteiger partial charge in [0, 0.05) is 29.2 Å². The van der Waals surface area contributed by atoms with Gasteiger partial charge in [-0.25, -0.2) is 0 Å². The summed E-state index contributed by atoms with van der Waals surface area (Å²) in [6, 6.07) is 16.6. The highest BCUT2D eigenvalue weighted by Gasteiger charge is 2.41. The van der Waals surface area contributed by atoms with E-state index in [9.17, 15) is 9.59 Å². The minimum Gasteiger partial charge on any atom is -0.339 e. The minimum absolute atomic E-state index is 0.0668. The molecule has 2 aliphatic heterocycles. The highest BCUT2D eigenvalue weighted by molar-refractivity contribution is 9.10. The van der Waals surface area contributed by atoms with Crippen molar-refractivity contribution in [2.24, 2.45) is 11.8 Å². The van der Waals surface area contributed by atoms with Gasteiger partial charge >= 0.3 is 0 Å². The predicted octanol–water partition coefficient (Wildman–Crippen LogP) is 3.94. The minimum atomic E-state index is -0.372. The molecule has 162 valence electrons. The molecule has 0 bridgehead atoms. The molecule has 1 saturated heterocycles. The fourth-order valence-electron chi connectivity index (χ4n) is 5.10. The number of nitrogens with one attached hydrogen (secondary N) is 2. The number of carbonyl (C=O) groups is 2. The zero-order valence-electron chi connectivity index (χ0n) is 17.5. The number of hydrogen-bond acceptors (Lipinski definition) is 3. The van der Waals surface area contributed by atoms with Crippen LogP contribution < -0.4 is 10.6 Å². The molecule has 2 aromatic rings. The van der Waals surface area contributed by atoms with Crippen molar-refractivity contribution in [1.82, 2.24) is 10.2 Å². The average Bonchev–Trinajstić information content (AvgIpc) is 3.51. The van der Waals surface area contributed by atoms with E-state index >= 15 is 0 Å². The van der Waals surface area contributed by atoms with Gasteiger partial charge in [-0.3, -0.25) is 9.59 Å². The SMILES string of the molecule is O=C1C[C@H](C(=O)N(C[C@@H]2CNCC2Cc2cccc(Br)c2)C2CC2)c2ccccc2N1. The maximum absolute atomic E-state index is 13.7. The maximum Gasteiger partial charge on any atom is 0.230 e. The molecule has 2 amide bonds. The molecule has 1 unspecified atom stereocenters. The van der Waals surface area contributed by atoms with E-state index in [1.807, 2.05) is 24.3 Å². The first-order valence-electron chi connectivity index (χ1n) is 11.2. The Labute approximate surface area is 191 Å². The number of carbonyl (C=O) groups excluding carboxylic acids is 2. The Morgan fingerprint density at radius 3 is 2.68 bits per heavy atom. The van der Waals surface area contributed by atoms with E-state index in [1.54, 1.807) is 0 Å². The van der Waals surface area contributed by atoms with Gasteiger partial charge in [0.1, 0.15) is 0 Å². The zero-order chi connectivity index (χ0) is 21.4. The summed E-state index contributed by atoms with van der Waals surface area (Å²) in [5, 5.41) is 6.47. The van der Waals surface area contributed by atoms with Gasteiger partial charge in [-0.05, 0) is 73.5 Å². The van der Waals surface area contributed by atoms with Crippen LogP contribution in [0.1, 0.15) is 36.3 Å². The number of hydrogen-bond donors (Lipinski definition) is 2. The fourth-order valence-corrected chi connectivity index (χ4v) is 5.54. The van der Waals surface area contributed by atoms with Gasteiger partial charge in [-0.1, -0.05) is 46.3 Å². The summed E-state index contributed by atoms with van der Waals surface area (Å²) in [5.74, 6) is 0.616. The molecular formula is C25H28BrN3O2. The van der Waals surface area contributed by atoms with Crippen LogP contribution in [0.3, 0.4) is 0 Å². The Bertz CT molecular complexity index is 990. The molecule has 3 atom stereocenters. The first kappa shape index (κ1) is 20.7. The lowest BCUT2D eigenvalue weighted by Gasteiger charge is -2.33. The Hall–Kier alpha value is -2.18. The van der Waals surface area contributed by atoms with Gasteiger partial charge in [0.2, 0.25) is 11.8 Å². The quantitative estimate of drug-likeness (QED) is 0.656. The van der Waals surface area contributed by atoms with Crippen molar-refractivity contribution in [1.29, 1.82) is 0 Å². The van der Waals surface area contributed by atoms with E-state index < -0.39 is 0 Å². The molecule has 5 rings (SSSR count). The summed E-state index contributed by atoms with van der Waals surface area (Å²) in [6.45, 7) is 2.70. The Morgan fingerprint density at radius 2 is 1.87 bits per heavy atom. The lowest BCUT2D eigenvalue weighted by atomic mass is 9.87. The molecule has 2 heterocycles. The molecule has 2 fully saturated rings. The van der Waals surface area contributed by atoms with Crippen molar-refractivity contribution < 1.29 is 9.59 Å². The van der Waals surface area contributed by atoms with E-state index in [-0.39, 0.29) is 24.2 Å². The molecule has 31 heavy (non-hydrogen) atoms. The van der Waals surface area contributed by atoms with Gasteiger partial charge in [-0.15, -0.1) is 0 Å². The second-order valence-electron chi connectivity index (χ2n) is 9.13. The average molecular weight is 482 g/mol. The number of fused-ring (bicyclic) bond motifs is 1. The van der Waals surface area contributed by atoms with Crippen molar-refractivity contribution in [3.63, 3.8) is 0 Å². The number of benzene rings is 2. The van der Waals surface area contributed by atoms with Crippen molar-refractivity contribution in [3.05, 3.63) is 64.1 Å². The van der Waals surface area contributed by atoms with Gasteiger partial charge in [0.15, 0.2) is 0 Å². The fraction of sp³-hybridized carbons (Fsp3) is 0.440. The Kier molecular flexibility index (Phi) is 5.85. The second-order valence-corrected chi connectivity index (χ2v) is 10.0. The molecule has 0 spiro atoms. The third kappa shape index (κ3) is 4.55. The molecule has 5 nitrogen and oxygen atoms in total. The van der Waals surface area contributed by atoms with E-state index in [2.05, 4.69) is 55.7 Å². The monoisotopic (exact) mass is 481 g/mol. The molecule has 1 aliphatic carbocycles. The van der Waals surface area contributed by atoms with Gasteiger partial charge in [-0.2, -0.15) is 0 Å². The lowest BCUT2D eigenvalue weighted by Crippen LogP contribution is -2.43. The standard InChI is InChI=1S/C25H28BrN3O2/c26-19-5-3-4-16(11-19)10-17-13-27-14-18(17)15-29(20-8-9-20)25(31)22-12-24(30)28-23-7-2-1-6-21(22)23/h1-7,11,17-18,20,22,27H,8-10,12-15H2,(H,28,30)/t17?,18-,22-/m0/s1. The van der Waals surface area contributed by atoms with Crippen LogP contribution in [-0.4, -0.2) is 42.4 Å². The van der Waals surface area contributed by atoms with Crippen molar-refractivity contribution >= 4 is 33.4 Å². The Balaban J connectivity index is 1.33. The topological polar surface area (TPSA) is 61.4 Å². The summed E-state index contributed by atoms with van der Waals surface area (Å²) in [5.41, 5.74) is 3.06. The molecule has 2 N–H and O–H groups in total. The van der Waals surface area contributed by atoms with Crippen LogP contribution >= 0.6 is 15.9 Å². The number of halogens is 1. The first-order valence-corrected chi connectivity index (χ1v) is 12.0. The van der Waals surface area contributed by atoms with E-state index in [4.69, 9.17) is 0 Å². The van der Waals surface area contributed by atoms with Crippen molar-refractivity contribution in [2.75, 3.05) is 25.0 Å². The zero-order valence-corrected chi connectivity index (χ0v) is 19.1. The van der Waals surface area contributed by atoms with Crippen LogP contribution in [0.2, 0.25) is 0 Å². The Morgan fingerprint density at radius 1 is 1.06 bits per heavy atom. The third-order valence-electron chi connectivity index (χ3n) is 6.87. The normalized spacial score (nSPS) is 25.1. The molecule has 0 aromatic heterocycles. The summed E-state index contributed by atoms with van der Waals surface area (Å²) < 4.78 is 1.11.